The van der Waals surface area contributed by atoms with Crippen LogP contribution in [0, 0.1) is 20.8 Å². The predicted molar refractivity (Wildman–Crippen MR) is 111 cm³/mol. The van der Waals surface area contributed by atoms with E-state index in [1.165, 1.54) is 24.7 Å². The van der Waals surface area contributed by atoms with Crippen LogP contribution in [0.5, 0.6) is 0 Å². The SMILES string of the molecule is Cc1cc(C)c([C@@H](C)NC(=O)CN(C)S(=O)(=O)c2ccc(Br)cc2)cc1C. The number of carbonyl (C=O) groups is 1. The van der Waals surface area contributed by atoms with E-state index in [0.29, 0.717) is 0 Å². The number of amides is 1. The Hall–Kier alpha value is -1.70. The van der Waals surface area contributed by atoms with Crippen LogP contribution in [0.4, 0.5) is 0 Å². The van der Waals surface area contributed by atoms with Gasteiger partial charge in [0.1, 0.15) is 0 Å². The first-order valence-electron chi connectivity index (χ1n) is 8.61. The van der Waals surface area contributed by atoms with Gasteiger partial charge in [0.2, 0.25) is 15.9 Å². The minimum Gasteiger partial charge on any atom is -0.348 e. The average Bonchev–Trinajstić information content (AvgIpc) is 2.58. The molecule has 2 rings (SSSR count). The first-order valence-corrected chi connectivity index (χ1v) is 10.8. The number of sulfonamides is 1. The third-order valence-electron chi connectivity index (χ3n) is 4.61. The van der Waals surface area contributed by atoms with E-state index in [9.17, 15) is 13.2 Å². The van der Waals surface area contributed by atoms with Crippen LogP contribution in [0.3, 0.4) is 0 Å². The summed E-state index contributed by atoms with van der Waals surface area (Å²) in [5.74, 6) is -0.344. The lowest BCUT2D eigenvalue weighted by atomic mass is 9.96. The highest BCUT2D eigenvalue weighted by molar-refractivity contribution is 9.10. The Labute approximate surface area is 170 Å². The zero-order valence-electron chi connectivity index (χ0n) is 16.2. The van der Waals surface area contributed by atoms with Gasteiger partial charge >= 0.3 is 0 Å². The van der Waals surface area contributed by atoms with Gasteiger partial charge in [-0.25, -0.2) is 8.42 Å². The maximum absolute atomic E-state index is 12.6. The molecule has 146 valence electrons. The molecule has 2 aromatic rings. The van der Waals surface area contributed by atoms with Crippen molar-refractivity contribution >= 4 is 31.9 Å². The summed E-state index contributed by atoms with van der Waals surface area (Å²) in [5, 5.41) is 2.89. The number of hydrogen-bond donors (Lipinski definition) is 1. The van der Waals surface area contributed by atoms with E-state index >= 15 is 0 Å². The molecule has 0 fully saturated rings. The van der Waals surface area contributed by atoms with Gasteiger partial charge in [-0.1, -0.05) is 28.1 Å². The van der Waals surface area contributed by atoms with Crippen LogP contribution in [0.2, 0.25) is 0 Å². The normalized spacial score (nSPS) is 12.9. The minimum absolute atomic E-state index is 0.152. The molecule has 0 saturated carbocycles. The van der Waals surface area contributed by atoms with Crippen LogP contribution in [0.15, 0.2) is 45.8 Å². The Kier molecular flexibility index (Phi) is 6.83. The van der Waals surface area contributed by atoms with Gasteiger partial charge in [0, 0.05) is 11.5 Å². The van der Waals surface area contributed by atoms with Crippen LogP contribution >= 0.6 is 15.9 Å². The highest BCUT2D eigenvalue weighted by atomic mass is 79.9. The van der Waals surface area contributed by atoms with Crippen LogP contribution in [-0.4, -0.2) is 32.2 Å². The Morgan fingerprint density at radius 1 is 1.07 bits per heavy atom. The van der Waals surface area contributed by atoms with Gasteiger partial charge in [0.25, 0.3) is 0 Å². The van der Waals surface area contributed by atoms with Crippen molar-refractivity contribution < 1.29 is 13.2 Å². The van der Waals surface area contributed by atoms with Crippen molar-refractivity contribution in [2.45, 2.75) is 38.6 Å². The molecule has 5 nitrogen and oxygen atoms in total. The molecule has 0 aliphatic carbocycles. The zero-order chi connectivity index (χ0) is 20.4. The van der Waals surface area contributed by atoms with Gasteiger partial charge in [0.15, 0.2) is 0 Å². The molecular formula is C20H25BrN2O3S. The Morgan fingerprint density at radius 2 is 1.63 bits per heavy atom. The number of rotatable bonds is 6. The lowest BCUT2D eigenvalue weighted by Gasteiger charge is -2.21. The number of aryl methyl sites for hydroxylation is 3. The Bertz CT molecular complexity index is 940. The highest BCUT2D eigenvalue weighted by Gasteiger charge is 2.23. The number of hydrogen-bond acceptors (Lipinski definition) is 3. The van der Waals surface area contributed by atoms with Crippen LogP contribution in [0.25, 0.3) is 0 Å². The first-order chi connectivity index (χ1) is 12.5. The quantitative estimate of drug-likeness (QED) is 0.722. The van der Waals surface area contributed by atoms with Crippen molar-refractivity contribution in [1.29, 1.82) is 0 Å². The Morgan fingerprint density at radius 3 is 2.22 bits per heavy atom. The van der Waals surface area contributed by atoms with Crippen molar-refractivity contribution in [1.82, 2.24) is 9.62 Å². The van der Waals surface area contributed by atoms with Gasteiger partial charge in [-0.15, -0.1) is 0 Å². The molecule has 0 spiro atoms. The van der Waals surface area contributed by atoms with E-state index in [2.05, 4.69) is 40.3 Å². The fraction of sp³-hybridized carbons (Fsp3) is 0.350. The molecule has 7 heteroatoms. The molecular weight excluding hydrogens is 428 g/mol. The molecule has 2 aromatic carbocycles. The molecule has 0 aliphatic rings. The zero-order valence-corrected chi connectivity index (χ0v) is 18.6. The molecule has 0 heterocycles. The molecule has 0 unspecified atom stereocenters. The number of halogens is 1. The summed E-state index contributed by atoms with van der Waals surface area (Å²) >= 11 is 3.28. The summed E-state index contributed by atoms with van der Waals surface area (Å²) in [4.78, 5) is 12.6. The van der Waals surface area contributed by atoms with Gasteiger partial charge in [-0.2, -0.15) is 4.31 Å². The van der Waals surface area contributed by atoms with Crippen LogP contribution in [0.1, 0.15) is 35.2 Å². The van der Waals surface area contributed by atoms with Crippen molar-refractivity contribution in [2.24, 2.45) is 0 Å². The van der Waals surface area contributed by atoms with Gasteiger partial charge in [-0.3, -0.25) is 4.79 Å². The Balaban J connectivity index is 2.08. The molecule has 0 aliphatic heterocycles. The highest BCUT2D eigenvalue weighted by Crippen LogP contribution is 2.22. The topological polar surface area (TPSA) is 66.5 Å². The van der Waals surface area contributed by atoms with Crippen molar-refractivity contribution in [3.05, 3.63) is 63.1 Å². The second kappa shape index (κ2) is 8.54. The summed E-state index contributed by atoms with van der Waals surface area (Å²) in [7, 11) is -2.31. The van der Waals surface area contributed by atoms with Crippen molar-refractivity contribution in [2.75, 3.05) is 13.6 Å². The van der Waals surface area contributed by atoms with Crippen LogP contribution in [-0.2, 0) is 14.8 Å². The second-order valence-electron chi connectivity index (χ2n) is 6.80. The third-order valence-corrected chi connectivity index (χ3v) is 6.96. The lowest BCUT2D eigenvalue weighted by Crippen LogP contribution is -2.39. The van der Waals surface area contributed by atoms with E-state index in [1.807, 2.05) is 20.8 Å². The van der Waals surface area contributed by atoms with E-state index in [4.69, 9.17) is 0 Å². The number of nitrogens with zero attached hydrogens (tertiary/aromatic N) is 1. The van der Waals surface area contributed by atoms with E-state index in [0.717, 1.165) is 25.5 Å². The number of carbonyl (C=O) groups excluding carboxylic acids is 1. The molecule has 0 radical (unpaired) electrons. The molecule has 0 saturated heterocycles. The van der Waals surface area contributed by atoms with Gasteiger partial charge in [0.05, 0.1) is 17.5 Å². The van der Waals surface area contributed by atoms with E-state index in [-0.39, 0.29) is 23.4 Å². The third kappa shape index (κ3) is 5.18. The molecule has 0 aromatic heterocycles. The maximum atomic E-state index is 12.6. The van der Waals surface area contributed by atoms with Crippen molar-refractivity contribution in [3.8, 4) is 0 Å². The van der Waals surface area contributed by atoms with Crippen LogP contribution < -0.4 is 5.32 Å². The van der Waals surface area contributed by atoms with Gasteiger partial charge < -0.3 is 5.32 Å². The summed E-state index contributed by atoms with van der Waals surface area (Å²) in [5.41, 5.74) is 4.49. The van der Waals surface area contributed by atoms with Gasteiger partial charge in [-0.05, 0) is 74.2 Å². The van der Waals surface area contributed by atoms with Crippen molar-refractivity contribution in [3.63, 3.8) is 0 Å². The smallest absolute Gasteiger partial charge is 0.243 e. The molecule has 1 atom stereocenters. The minimum atomic E-state index is -3.72. The summed E-state index contributed by atoms with van der Waals surface area (Å²) in [6.07, 6.45) is 0. The molecule has 1 amide bonds. The second-order valence-corrected chi connectivity index (χ2v) is 9.76. The number of benzene rings is 2. The fourth-order valence-electron chi connectivity index (χ4n) is 2.89. The molecule has 27 heavy (non-hydrogen) atoms. The van der Waals surface area contributed by atoms with E-state index < -0.39 is 10.0 Å². The monoisotopic (exact) mass is 452 g/mol. The fourth-order valence-corrected chi connectivity index (χ4v) is 4.28. The maximum Gasteiger partial charge on any atom is 0.243 e. The summed E-state index contributed by atoms with van der Waals surface area (Å²) in [6, 6.07) is 10.3. The van der Waals surface area contributed by atoms with E-state index in [1.54, 1.807) is 12.1 Å². The standard InChI is InChI=1S/C20H25BrN2O3S/c1-13-10-15(3)19(11-14(13)2)16(4)22-20(24)12-23(5)27(25,26)18-8-6-17(21)7-9-18/h6-11,16H,12H2,1-5H3,(H,22,24)/t16-/m1/s1. The lowest BCUT2D eigenvalue weighted by molar-refractivity contribution is -0.121. The summed E-state index contributed by atoms with van der Waals surface area (Å²) in [6.45, 7) is 7.75. The summed E-state index contributed by atoms with van der Waals surface area (Å²) < 4.78 is 27.1. The number of nitrogens with one attached hydrogen (secondary N) is 1. The average molecular weight is 453 g/mol. The molecule has 1 N–H and O–H groups in total. The predicted octanol–water partition coefficient (Wildman–Crippen LogP) is 3.87. The first kappa shape index (κ1) is 21.6. The number of likely N-dealkylation sites (N-methyl/N-ethyl adjacent to an activating group) is 1. The largest absolute Gasteiger partial charge is 0.348 e. The molecule has 0 bridgehead atoms.